The molecule has 0 bridgehead atoms. The number of thiophene rings is 1. The van der Waals surface area contributed by atoms with Crippen LogP contribution in [0.5, 0.6) is 0 Å². The lowest BCUT2D eigenvalue weighted by molar-refractivity contribution is 0.401. The fourth-order valence-corrected chi connectivity index (χ4v) is 10.4. The van der Waals surface area contributed by atoms with Gasteiger partial charge < -0.3 is 14.3 Å². The third-order valence-electron chi connectivity index (χ3n) is 11.8. The smallest absolute Gasteiger partial charge is 0.137 e. The largest absolute Gasteiger partial charge is 0.456 e. The van der Waals surface area contributed by atoms with Crippen LogP contribution >= 0.6 is 11.3 Å². The van der Waals surface area contributed by atoms with E-state index in [-0.39, 0.29) is 18.2 Å². The van der Waals surface area contributed by atoms with E-state index >= 15 is 0 Å². The first-order valence-corrected chi connectivity index (χ1v) is 20.4. The molecule has 0 fully saturated rings. The molecule has 1 aliphatic heterocycles. The summed E-state index contributed by atoms with van der Waals surface area (Å²) in [5.41, 5.74) is 10.0. The first-order chi connectivity index (χ1) is 28.2. The van der Waals surface area contributed by atoms with Crippen molar-refractivity contribution in [3.63, 3.8) is 0 Å². The molecular weight excluding hydrogens is 717 g/mol. The van der Waals surface area contributed by atoms with Crippen molar-refractivity contribution in [2.24, 2.45) is 10.9 Å². The van der Waals surface area contributed by atoms with Crippen molar-refractivity contribution in [3.05, 3.63) is 185 Å². The maximum absolute atomic E-state index is 6.69. The first-order valence-electron chi connectivity index (χ1n) is 19.6. The zero-order valence-corrected chi connectivity index (χ0v) is 31.7. The Balaban J connectivity index is 0.921. The van der Waals surface area contributed by atoms with Crippen LogP contribution in [-0.4, -0.2) is 10.4 Å². The summed E-state index contributed by atoms with van der Waals surface area (Å²) in [6, 6.07) is 58.4. The average Bonchev–Trinajstić information content (AvgIpc) is 3.95. The SMILES string of the molecule is C1=c2sc3c(-c4ccc5c(c4)oc4cc(-n6c7ccccc7c7ccccc76)ccc45)cccc3c2=CCC1C1=NC(c2ccccc2)NC(c2ccccc2)N1. The van der Waals surface area contributed by atoms with Gasteiger partial charge in [-0.15, -0.1) is 11.3 Å². The number of para-hydroxylation sites is 2. The minimum Gasteiger partial charge on any atom is -0.456 e. The number of hydrogen-bond acceptors (Lipinski definition) is 5. The lowest BCUT2D eigenvalue weighted by atomic mass is 9.96. The summed E-state index contributed by atoms with van der Waals surface area (Å²) in [7, 11) is 0. The summed E-state index contributed by atoms with van der Waals surface area (Å²) >= 11 is 1.88. The third-order valence-corrected chi connectivity index (χ3v) is 13.0. The van der Waals surface area contributed by atoms with Crippen molar-refractivity contribution in [2.75, 3.05) is 0 Å². The van der Waals surface area contributed by atoms with Gasteiger partial charge in [-0.25, -0.2) is 4.99 Å². The van der Waals surface area contributed by atoms with Gasteiger partial charge in [-0.05, 0) is 70.3 Å². The van der Waals surface area contributed by atoms with Gasteiger partial charge in [0.1, 0.15) is 29.3 Å². The first kappa shape index (κ1) is 32.5. The van der Waals surface area contributed by atoms with Crippen LogP contribution in [0, 0.1) is 5.92 Å². The minimum absolute atomic E-state index is 0.0406. The summed E-state index contributed by atoms with van der Waals surface area (Å²) in [5.74, 6) is 1.17. The van der Waals surface area contributed by atoms with Crippen molar-refractivity contribution >= 4 is 83.2 Å². The summed E-state index contributed by atoms with van der Waals surface area (Å²) < 4.78 is 11.6. The van der Waals surface area contributed by atoms with Gasteiger partial charge in [0, 0.05) is 53.8 Å². The number of furan rings is 1. The molecule has 0 spiro atoms. The minimum atomic E-state index is -0.134. The van der Waals surface area contributed by atoms with Crippen molar-refractivity contribution < 1.29 is 4.42 Å². The molecule has 3 aromatic heterocycles. The molecule has 6 heteroatoms. The van der Waals surface area contributed by atoms with E-state index in [9.17, 15) is 0 Å². The Bertz CT molecular complexity index is 3300. The number of nitrogens with zero attached hydrogens (tertiary/aromatic N) is 2. The Morgan fingerprint density at radius 3 is 2.05 bits per heavy atom. The molecule has 2 N–H and O–H groups in total. The monoisotopic (exact) mass is 752 g/mol. The fourth-order valence-electron chi connectivity index (χ4n) is 9.07. The molecule has 1 aliphatic carbocycles. The number of rotatable bonds is 5. The van der Waals surface area contributed by atoms with Crippen LogP contribution in [0.3, 0.4) is 0 Å². The van der Waals surface area contributed by atoms with Gasteiger partial charge in [0.25, 0.3) is 0 Å². The topological polar surface area (TPSA) is 54.5 Å². The molecule has 3 unspecified atom stereocenters. The second-order valence-electron chi connectivity index (χ2n) is 15.1. The Hall–Kier alpha value is -6.73. The zero-order chi connectivity index (χ0) is 37.5. The van der Waals surface area contributed by atoms with Gasteiger partial charge >= 0.3 is 0 Å². The highest BCUT2D eigenvalue weighted by Gasteiger charge is 2.28. The molecular formula is C51H36N4OS. The molecule has 2 aliphatic rings. The van der Waals surface area contributed by atoms with E-state index in [0.717, 1.165) is 51.0 Å². The van der Waals surface area contributed by atoms with Gasteiger partial charge in [-0.1, -0.05) is 133 Å². The molecule has 4 heterocycles. The Morgan fingerprint density at radius 2 is 1.28 bits per heavy atom. The van der Waals surface area contributed by atoms with Crippen LogP contribution in [0.4, 0.5) is 0 Å². The molecule has 0 saturated carbocycles. The van der Waals surface area contributed by atoms with Gasteiger partial charge in [0.15, 0.2) is 0 Å². The van der Waals surface area contributed by atoms with Crippen LogP contribution < -0.4 is 20.4 Å². The van der Waals surface area contributed by atoms with Crippen LogP contribution in [-0.2, 0) is 0 Å². The Kier molecular flexibility index (Phi) is 7.37. The average molecular weight is 753 g/mol. The van der Waals surface area contributed by atoms with Crippen LogP contribution in [0.25, 0.3) is 82.8 Å². The van der Waals surface area contributed by atoms with E-state index in [1.54, 1.807) is 0 Å². The quantitative estimate of drug-likeness (QED) is 0.184. The summed E-state index contributed by atoms with van der Waals surface area (Å²) in [5, 5.41) is 14.9. The Labute approximate surface area is 332 Å². The summed E-state index contributed by atoms with van der Waals surface area (Å²) in [6.45, 7) is 0. The molecule has 3 atom stereocenters. The molecule has 272 valence electrons. The van der Waals surface area contributed by atoms with Gasteiger partial charge in [-0.2, -0.15) is 0 Å². The van der Waals surface area contributed by atoms with Crippen LogP contribution in [0.2, 0.25) is 0 Å². The number of fused-ring (bicyclic) bond motifs is 9. The lowest BCUT2D eigenvalue weighted by Crippen LogP contribution is -2.47. The van der Waals surface area contributed by atoms with E-state index in [1.807, 2.05) is 11.3 Å². The normalized spacial score (nSPS) is 18.0. The highest BCUT2D eigenvalue weighted by molar-refractivity contribution is 7.17. The van der Waals surface area contributed by atoms with E-state index < -0.39 is 0 Å². The number of hydrogen-bond donors (Lipinski definition) is 2. The number of aromatic nitrogens is 1. The lowest BCUT2D eigenvalue weighted by Gasteiger charge is -2.34. The number of amidine groups is 1. The third kappa shape index (κ3) is 5.29. The number of benzene rings is 7. The molecule has 7 aromatic carbocycles. The van der Waals surface area contributed by atoms with Crippen molar-refractivity contribution in [1.29, 1.82) is 0 Å². The second-order valence-corrected chi connectivity index (χ2v) is 16.2. The van der Waals surface area contributed by atoms with E-state index in [2.05, 4.69) is 191 Å². The molecule has 57 heavy (non-hydrogen) atoms. The van der Waals surface area contributed by atoms with Gasteiger partial charge in [-0.3, -0.25) is 5.32 Å². The maximum Gasteiger partial charge on any atom is 0.137 e. The van der Waals surface area contributed by atoms with Gasteiger partial charge in [0.2, 0.25) is 0 Å². The van der Waals surface area contributed by atoms with E-state index in [1.165, 1.54) is 52.8 Å². The molecule has 5 nitrogen and oxygen atoms in total. The van der Waals surface area contributed by atoms with E-state index in [4.69, 9.17) is 9.41 Å². The molecule has 10 aromatic rings. The predicted octanol–water partition coefficient (Wildman–Crippen LogP) is 11.1. The maximum atomic E-state index is 6.69. The van der Waals surface area contributed by atoms with Gasteiger partial charge in [0.05, 0.1) is 11.0 Å². The highest BCUT2D eigenvalue weighted by Crippen LogP contribution is 2.38. The molecule has 0 radical (unpaired) electrons. The number of nitrogens with one attached hydrogen (secondary N) is 2. The fraction of sp³-hybridized carbons (Fsp3) is 0.0784. The Morgan fingerprint density at radius 1 is 0.614 bits per heavy atom. The number of aliphatic imine (C=N–C) groups is 1. The standard InChI is InChI=1S/C51H36N4OS/c1-3-12-31(13-4-1)49-52-50(32-14-5-2-6-15-32)54-51(53-49)34-23-26-41-42-19-11-18-36(48(42)57-47(41)29-34)33-22-25-39-40-27-24-35(30-46(40)56-45(39)28-33)55-43-20-9-7-16-37(43)38-17-8-10-21-44(38)55/h1-22,24-30,34,49-50,52H,23H2,(H,53,54). The van der Waals surface area contributed by atoms with Crippen molar-refractivity contribution in [3.8, 4) is 16.8 Å². The van der Waals surface area contributed by atoms with Crippen LogP contribution in [0.15, 0.2) is 173 Å². The second kappa shape index (κ2) is 12.9. The highest BCUT2D eigenvalue weighted by atomic mass is 32.1. The van der Waals surface area contributed by atoms with Crippen molar-refractivity contribution in [1.82, 2.24) is 15.2 Å². The molecule has 12 rings (SSSR count). The molecule has 0 saturated heterocycles. The van der Waals surface area contributed by atoms with Crippen molar-refractivity contribution in [2.45, 2.75) is 18.8 Å². The summed E-state index contributed by atoms with van der Waals surface area (Å²) in [6.07, 6.45) is 5.56. The summed E-state index contributed by atoms with van der Waals surface area (Å²) in [4.78, 5) is 5.27. The zero-order valence-electron chi connectivity index (χ0n) is 30.9. The predicted molar refractivity (Wildman–Crippen MR) is 237 cm³/mol. The van der Waals surface area contributed by atoms with E-state index in [0.29, 0.717) is 0 Å². The molecule has 0 amide bonds. The van der Waals surface area contributed by atoms with Crippen LogP contribution in [0.1, 0.15) is 29.9 Å².